The van der Waals surface area contributed by atoms with Gasteiger partial charge >= 0.3 is 0 Å². The molecule has 0 atom stereocenters. The largest absolute Gasteiger partial charge is 0.419 e. The van der Waals surface area contributed by atoms with Crippen LogP contribution < -0.4 is 4.90 Å². The predicted octanol–water partition coefficient (Wildman–Crippen LogP) is 4.22. The van der Waals surface area contributed by atoms with Crippen LogP contribution in [0.1, 0.15) is 11.5 Å². The lowest BCUT2D eigenvalue weighted by molar-refractivity contribution is 0.422. The van der Waals surface area contributed by atoms with Gasteiger partial charge in [0.25, 0.3) is 5.89 Å². The van der Waals surface area contributed by atoms with Crippen LogP contribution in [0.5, 0.6) is 0 Å². The number of nitriles is 1. The molecule has 0 unspecified atom stereocenters. The molecule has 0 aliphatic carbocycles. The molecule has 4 rings (SSSR count). The zero-order valence-electron chi connectivity index (χ0n) is 15.8. The molecule has 0 bridgehead atoms. The standard InChI is InChI=1S/C21H15F2N5O2/c1-28(11-10-18-26-20(30-27-18)14-4-8-16(23)9-5-14)21-17(12-24)25-19(29-21)13-2-6-15(22)7-3-13/h2-9H,10-11H2,1H3. The van der Waals surface area contributed by atoms with Crippen molar-refractivity contribution in [3.05, 3.63) is 71.7 Å². The third kappa shape index (κ3) is 4.03. The summed E-state index contributed by atoms with van der Waals surface area (Å²) < 4.78 is 37.1. The molecule has 2 aromatic heterocycles. The van der Waals surface area contributed by atoms with Crippen LogP contribution in [0.25, 0.3) is 22.9 Å². The topological polar surface area (TPSA) is 92.0 Å². The maximum absolute atomic E-state index is 13.1. The number of anilines is 1. The Bertz CT molecular complexity index is 1190. The van der Waals surface area contributed by atoms with Crippen molar-refractivity contribution >= 4 is 5.88 Å². The summed E-state index contributed by atoms with van der Waals surface area (Å²) in [5, 5.41) is 13.3. The molecule has 0 radical (unpaired) electrons. The maximum Gasteiger partial charge on any atom is 0.257 e. The number of nitrogens with zero attached hydrogens (tertiary/aromatic N) is 5. The van der Waals surface area contributed by atoms with Crippen molar-refractivity contribution in [2.45, 2.75) is 6.42 Å². The van der Waals surface area contributed by atoms with Gasteiger partial charge in [-0.1, -0.05) is 5.16 Å². The van der Waals surface area contributed by atoms with Gasteiger partial charge in [0, 0.05) is 31.1 Å². The second kappa shape index (κ2) is 8.13. The summed E-state index contributed by atoms with van der Waals surface area (Å²) in [6, 6.07) is 13.4. The summed E-state index contributed by atoms with van der Waals surface area (Å²) in [5.41, 5.74) is 1.31. The highest BCUT2D eigenvalue weighted by Crippen LogP contribution is 2.28. The van der Waals surface area contributed by atoms with Crippen molar-refractivity contribution in [1.29, 1.82) is 5.26 Å². The molecular formula is C21H15F2N5O2. The molecular weight excluding hydrogens is 392 g/mol. The van der Waals surface area contributed by atoms with Gasteiger partial charge in [-0.05, 0) is 48.5 Å². The lowest BCUT2D eigenvalue weighted by atomic mass is 10.2. The van der Waals surface area contributed by atoms with Crippen LogP contribution in [0, 0.1) is 23.0 Å². The SMILES string of the molecule is CN(CCc1noc(-c2ccc(F)cc2)n1)c1oc(-c2ccc(F)cc2)nc1C#N. The number of rotatable bonds is 6. The minimum atomic E-state index is -0.372. The van der Waals surface area contributed by atoms with Crippen molar-refractivity contribution in [2.24, 2.45) is 0 Å². The first-order chi connectivity index (χ1) is 14.5. The zero-order chi connectivity index (χ0) is 21.1. The van der Waals surface area contributed by atoms with E-state index in [1.165, 1.54) is 36.4 Å². The molecule has 0 N–H and O–H groups in total. The molecule has 0 aliphatic rings. The monoisotopic (exact) mass is 407 g/mol. The Hall–Kier alpha value is -4.06. The van der Waals surface area contributed by atoms with Gasteiger partial charge < -0.3 is 13.8 Å². The minimum Gasteiger partial charge on any atom is -0.419 e. The van der Waals surface area contributed by atoms with Crippen molar-refractivity contribution in [3.63, 3.8) is 0 Å². The van der Waals surface area contributed by atoms with Gasteiger partial charge in [0.2, 0.25) is 17.5 Å². The van der Waals surface area contributed by atoms with E-state index in [0.717, 1.165) is 0 Å². The Labute approximate surface area is 170 Å². The highest BCUT2D eigenvalue weighted by atomic mass is 19.1. The summed E-state index contributed by atoms with van der Waals surface area (Å²) in [4.78, 5) is 10.2. The number of aromatic nitrogens is 3. The van der Waals surface area contributed by atoms with Gasteiger partial charge in [0.05, 0.1) is 0 Å². The van der Waals surface area contributed by atoms with Crippen LogP contribution in [0.15, 0.2) is 57.5 Å². The van der Waals surface area contributed by atoms with Crippen molar-refractivity contribution in [2.75, 3.05) is 18.5 Å². The Morgan fingerprint density at radius 2 is 1.53 bits per heavy atom. The van der Waals surface area contributed by atoms with Crippen LogP contribution in [0.2, 0.25) is 0 Å². The van der Waals surface area contributed by atoms with E-state index in [0.29, 0.717) is 41.7 Å². The molecule has 7 nitrogen and oxygen atoms in total. The number of oxazole rings is 1. The summed E-state index contributed by atoms with van der Waals surface area (Å²) in [6.45, 7) is 0.426. The lowest BCUT2D eigenvalue weighted by Gasteiger charge is -2.14. The van der Waals surface area contributed by atoms with Gasteiger partial charge in [-0.15, -0.1) is 0 Å². The number of likely N-dealkylation sites (N-methyl/N-ethyl adjacent to an activating group) is 1. The molecule has 0 saturated heterocycles. The van der Waals surface area contributed by atoms with Crippen LogP contribution in [-0.4, -0.2) is 28.7 Å². The molecule has 30 heavy (non-hydrogen) atoms. The normalized spacial score (nSPS) is 10.7. The van der Waals surface area contributed by atoms with E-state index in [-0.39, 0.29) is 23.2 Å². The smallest absolute Gasteiger partial charge is 0.257 e. The van der Waals surface area contributed by atoms with Gasteiger partial charge in [-0.2, -0.15) is 15.2 Å². The Morgan fingerprint density at radius 3 is 2.13 bits per heavy atom. The highest BCUT2D eigenvalue weighted by molar-refractivity contribution is 5.59. The van der Waals surface area contributed by atoms with E-state index in [1.54, 1.807) is 24.1 Å². The minimum absolute atomic E-state index is 0.122. The van der Waals surface area contributed by atoms with Gasteiger partial charge in [0.15, 0.2) is 5.82 Å². The fourth-order valence-corrected chi connectivity index (χ4v) is 2.79. The molecule has 0 amide bonds. The van der Waals surface area contributed by atoms with E-state index < -0.39 is 0 Å². The summed E-state index contributed by atoms with van der Waals surface area (Å²) in [6.07, 6.45) is 0.415. The first-order valence-corrected chi connectivity index (χ1v) is 9.00. The average Bonchev–Trinajstić information content (AvgIpc) is 3.40. The Morgan fingerprint density at radius 1 is 0.933 bits per heavy atom. The van der Waals surface area contributed by atoms with E-state index in [2.05, 4.69) is 15.1 Å². The fraction of sp³-hybridized carbons (Fsp3) is 0.143. The van der Waals surface area contributed by atoms with E-state index in [9.17, 15) is 14.0 Å². The fourth-order valence-electron chi connectivity index (χ4n) is 2.79. The molecule has 0 spiro atoms. The summed E-state index contributed by atoms with van der Waals surface area (Å²) in [5.74, 6) is 0.552. The van der Waals surface area contributed by atoms with Crippen molar-refractivity contribution in [3.8, 4) is 29.0 Å². The molecule has 9 heteroatoms. The van der Waals surface area contributed by atoms with Crippen LogP contribution in [0.3, 0.4) is 0 Å². The molecule has 0 aliphatic heterocycles. The zero-order valence-corrected chi connectivity index (χ0v) is 15.8. The number of halogens is 2. The first-order valence-electron chi connectivity index (χ1n) is 9.00. The molecule has 0 saturated carbocycles. The third-order valence-corrected chi connectivity index (χ3v) is 4.38. The summed E-state index contributed by atoms with van der Waals surface area (Å²) in [7, 11) is 1.75. The van der Waals surface area contributed by atoms with Crippen LogP contribution in [-0.2, 0) is 6.42 Å². The second-order valence-corrected chi connectivity index (χ2v) is 6.49. The Balaban J connectivity index is 1.47. The number of hydrogen-bond acceptors (Lipinski definition) is 7. The maximum atomic E-state index is 13.1. The predicted molar refractivity (Wildman–Crippen MR) is 103 cm³/mol. The Kier molecular flexibility index (Phi) is 5.22. The first kappa shape index (κ1) is 19.3. The van der Waals surface area contributed by atoms with E-state index in [1.807, 2.05) is 6.07 Å². The number of benzene rings is 2. The van der Waals surface area contributed by atoms with Crippen LogP contribution in [0.4, 0.5) is 14.7 Å². The second-order valence-electron chi connectivity index (χ2n) is 6.49. The van der Waals surface area contributed by atoms with Gasteiger partial charge in [-0.3, -0.25) is 0 Å². The van der Waals surface area contributed by atoms with Crippen LogP contribution >= 0.6 is 0 Å². The highest BCUT2D eigenvalue weighted by Gasteiger charge is 2.19. The average molecular weight is 407 g/mol. The van der Waals surface area contributed by atoms with Gasteiger partial charge in [0.1, 0.15) is 17.7 Å². The molecule has 0 fully saturated rings. The molecule has 150 valence electrons. The number of hydrogen-bond donors (Lipinski definition) is 0. The molecule has 2 heterocycles. The third-order valence-electron chi connectivity index (χ3n) is 4.38. The lowest BCUT2D eigenvalue weighted by Crippen LogP contribution is -2.21. The molecule has 2 aromatic carbocycles. The summed E-state index contributed by atoms with van der Waals surface area (Å²) >= 11 is 0. The van der Waals surface area contributed by atoms with E-state index >= 15 is 0 Å². The van der Waals surface area contributed by atoms with Crippen molar-refractivity contribution < 1.29 is 17.7 Å². The molecule has 4 aromatic rings. The van der Waals surface area contributed by atoms with Gasteiger partial charge in [-0.25, -0.2) is 8.78 Å². The van der Waals surface area contributed by atoms with E-state index in [4.69, 9.17) is 8.94 Å². The van der Waals surface area contributed by atoms with Crippen molar-refractivity contribution in [1.82, 2.24) is 15.1 Å². The quantitative estimate of drug-likeness (QED) is 0.472.